The number of hydrogen-bond donors (Lipinski definition) is 2. The van der Waals surface area contributed by atoms with E-state index >= 15 is 0 Å². The predicted octanol–water partition coefficient (Wildman–Crippen LogP) is 4.54. The number of anilines is 1. The molecule has 0 radical (unpaired) electrons. The van der Waals surface area contributed by atoms with Gasteiger partial charge < -0.3 is 10.3 Å². The van der Waals surface area contributed by atoms with Crippen LogP contribution in [-0.4, -0.2) is 27.0 Å². The van der Waals surface area contributed by atoms with E-state index in [0.29, 0.717) is 38.3 Å². The first-order chi connectivity index (χ1) is 12.0. The molecule has 2 heterocycles. The average Bonchev–Trinajstić information content (AvgIpc) is 3.13. The van der Waals surface area contributed by atoms with E-state index in [1.807, 2.05) is 6.92 Å². The zero-order valence-electron chi connectivity index (χ0n) is 13.1. The molecule has 2 N–H and O–H groups in total. The molecule has 0 aliphatic heterocycles. The van der Waals surface area contributed by atoms with Gasteiger partial charge in [0.1, 0.15) is 17.5 Å². The van der Waals surface area contributed by atoms with Crippen LogP contribution in [0, 0.1) is 12.8 Å². The molecule has 0 bridgehead atoms. The third-order valence-electron chi connectivity index (χ3n) is 4.19. The van der Waals surface area contributed by atoms with Gasteiger partial charge >= 0.3 is 0 Å². The Labute approximate surface area is 152 Å². The molecule has 4 rings (SSSR count). The standard InChI is InChI=1S/C17H13Cl2FN4O/c1-7-6-21-16(24-17(25)8-5-11(8)20)14-13(7)22-15(23-14)12-9(18)3-2-4-10(12)19/h2-4,6,8,11H,5H2,1H3,(H,22,23)(H,21,24,25)/t8-,11+/m0/s1. The Kier molecular flexibility index (Phi) is 3.89. The highest BCUT2D eigenvalue weighted by atomic mass is 35.5. The number of imidazole rings is 1. The van der Waals surface area contributed by atoms with Crippen LogP contribution in [0.1, 0.15) is 12.0 Å². The number of carbonyl (C=O) groups is 1. The third kappa shape index (κ3) is 2.85. The molecule has 0 spiro atoms. The lowest BCUT2D eigenvalue weighted by Gasteiger charge is -2.05. The molecule has 5 nitrogen and oxygen atoms in total. The summed E-state index contributed by atoms with van der Waals surface area (Å²) < 4.78 is 13.1. The summed E-state index contributed by atoms with van der Waals surface area (Å²) in [7, 11) is 0. The minimum atomic E-state index is -1.07. The number of benzene rings is 1. The lowest BCUT2D eigenvalue weighted by atomic mass is 10.2. The van der Waals surface area contributed by atoms with Crippen LogP contribution in [0.4, 0.5) is 10.2 Å². The molecule has 3 aromatic rings. The normalized spacial score (nSPS) is 19.2. The maximum absolute atomic E-state index is 13.1. The highest BCUT2D eigenvalue weighted by Crippen LogP contribution is 2.37. The van der Waals surface area contributed by atoms with Gasteiger partial charge in [-0.05, 0) is 31.0 Å². The molecule has 0 saturated heterocycles. The molecule has 2 aromatic heterocycles. The predicted molar refractivity (Wildman–Crippen MR) is 95.7 cm³/mol. The van der Waals surface area contributed by atoms with Crippen molar-refractivity contribution < 1.29 is 9.18 Å². The van der Waals surface area contributed by atoms with Crippen LogP contribution in [0.25, 0.3) is 22.4 Å². The Hall–Kier alpha value is -2.18. The van der Waals surface area contributed by atoms with E-state index in [0.717, 1.165) is 5.56 Å². The number of amides is 1. The second-order valence-corrected chi connectivity index (χ2v) is 6.86. The average molecular weight is 379 g/mol. The zero-order valence-corrected chi connectivity index (χ0v) is 14.6. The van der Waals surface area contributed by atoms with Crippen LogP contribution < -0.4 is 5.32 Å². The first kappa shape index (κ1) is 16.3. The van der Waals surface area contributed by atoms with Crippen LogP contribution in [0.5, 0.6) is 0 Å². The van der Waals surface area contributed by atoms with Gasteiger partial charge in [0, 0.05) is 6.20 Å². The van der Waals surface area contributed by atoms with E-state index < -0.39 is 12.1 Å². The second-order valence-electron chi connectivity index (χ2n) is 6.04. The number of carbonyl (C=O) groups excluding carboxylic acids is 1. The Morgan fingerprint density at radius 2 is 2.04 bits per heavy atom. The number of halogens is 3. The summed E-state index contributed by atoms with van der Waals surface area (Å²) in [5.41, 5.74) is 2.59. The number of alkyl halides is 1. The number of nitrogens with zero attached hydrogens (tertiary/aromatic N) is 2. The van der Waals surface area contributed by atoms with Crippen LogP contribution >= 0.6 is 23.2 Å². The van der Waals surface area contributed by atoms with Crippen LogP contribution in [0.3, 0.4) is 0 Å². The fourth-order valence-electron chi connectivity index (χ4n) is 2.70. The van der Waals surface area contributed by atoms with Gasteiger partial charge in [-0.1, -0.05) is 29.3 Å². The number of aromatic nitrogens is 3. The monoisotopic (exact) mass is 378 g/mol. The zero-order chi connectivity index (χ0) is 17.7. The molecule has 128 valence electrons. The molecule has 1 aliphatic rings. The maximum Gasteiger partial charge on any atom is 0.231 e. The number of H-pyrrole nitrogens is 1. The van der Waals surface area contributed by atoms with Crippen molar-refractivity contribution in [3.63, 3.8) is 0 Å². The SMILES string of the molecule is Cc1cnc(NC(=O)[C@H]2C[C@H]2F)c2[nH]c(-c3c(Cl)cccc3Cl)nc12. The van der Waals surface area contributed by atoms with E-state index in [4.69, 9.17) is 23.2 Å². The van der Waals surface area contributed by atoms with E-state index in [1.165, 1.54) is 0 Å². The topological polar surface area (TPSA) is 70.7 Å². The minimum Gasteiger partial charge on any atom is -0.335 e. The van der Waals surface area contributed by atoms with Crippen LogP contribution in [0.2, 0.25) is 10.0 Å². The number of aromatic amines is 1. The molecular formula is C17H13Cl2FN4O. The summed E-state index contributed by atoms with van der Waals surface area (Å²) >= 11 is 12.5. The number of pyridine rings is 1. The minimum absolute atomic E-state index is 0.254. The molecular weight excluding hydrogens is 366 g/mol. The quantitative estimate of drug-likeness (QED) is 0.702. The summed E-state index contributed by atoms with van der Waals surface area (Å²) in [6.07, 6.45) is 0.793. The van der Waals surface area contributed by atoms with Crippen molar-refractivity contribution >= 4 is 46.0 Å². The van der Waals surface area contributed by atoms with Gasteiger partial charge in [-0.3, -0.25) is 4.79 Å². The smallest absolute Gasteiger partial charge is 0.231 e. The van der Waals surface area contributed by atoms with Crippen molar-refractivity contribution in [2.24, 2.45) is 5.92 Å². The molecule has 1 fully saturated rings. The molecule has 0 unspecified atom stereocenters. The fourth-order valence-corrected chi connectivity index (χ4v) is 3.28. The van der Waals surface area contributed by atoms with Gasteiger partial charge in [-0.2, -0.15) is 0 Å². The number of rotatable bonds is 3. The van der Waals surface area contributed by atoms with Gasteiger partial charge in [0.25, 0.3) is 0 Å². The lowest BCUT2D eigenvalue weighted by Crippen LogP contribution is -2.16. The van der Waals surface area contributed by atoms with Gasteiger partial charge in [-0.25, -0.2) is 14.4 Å². The van der Waals surface area contributed by atoms with Crippen molar-refractivity contribution in [1.82, 2.24) is 15.0 Å². The first-order valence-corrected chi connectivity index (χ1v) is 8.46. The molecule has 8 heteroatoms. The van der Waals surface area contributed by atoms with Crippen molar-refractivity contribution in [3.05, 3.63) is 40.0 Å². The third-order valence-corrected chi connectivity index (χ3v) is 4.82. The number of aryl methyl sites for hydroxylation is 1. The number of fused-ring (bicyclic) bond motifs is 1. The molecule has 1 aliphatic carbocycles. The van der Waals surface area contributed by atoms with Gasteiger partial charge in [-0.15, -0.1) is 0 Å². The number of nitrogens with one attached hydrogen (secondary N) is 2. The van der Waals surface area contributed by atoms with Crippen LogP contribution in [0.15, 0.2) is 24.4 Å². The molecule has 1 aromatic carbocycles. The van der Waals surface area contributed by atoms with Crippen molar-refractivity contribution in [3.8, 4) is 11.4 Å². The highest BCUT2D eigenvalue weighted by molar-refractivity contribution is 6.39. The van der Waals surface area contributed by atoms with Crippen molar-refractivity contribution in [2.45, 2.75) is 19.5 Å². The lowest BCUT2D eigenvalue weighted by molar-refractivity contribution is -0.117. The van der Waals surface area contributed by atoms with Gasteiger partial charge in [0.2, 0.25) is 5.91 Å². The summed E-state index contributed by atoms with van der Waals surface area (Å²) in [6, 6.07) is 5.19. The molecule has 1 amide bonds. The van der Waals surface area contributed by atoms with E-state index in [1.54, 1.807) is 24.4 Å². The molecule has 1 saturated carbocycles. The van der Waals surface area contributed by atoms with Crippen LogP contribution in [-0.2, 0) is 4.79 Å². The Bertz CT molecular complexity index is 983. The molecule has 2 atom stereocenters. The summed E-state index contributed by atoms with van der Waals surface area (Å²) in [6.45, 7) is 1.86. The Balaban J connectivity index is 1.80. The van der Waals surface area contributed by atoms with Gasteiger partial charge in [0.15, 0.2) is 5.82 Å². The van der Waals surface area contributed by atoms with Crippen molar-refractivity contribution in [2.75, 3.05) is 5.32 Å². The van der Waals surface area contributed by atoms with E-state index in [2.05, 4.69) is 20.3 Å². The fraction of sp³-hybridized carbons (Fsp3) is 0.235. The largest absolute Gasteiger partial charge is 0.335 e. The maximum atomic E-state index is 13.1. The molecule has 25 heavy (non-hydrogen) atoms. The summed E-state index contributed by atoms with van der Waals surface area (Å²) in [5, 5.41) is 3.59. The van der Waals surface area contributed by atoms with Crippen molar-refractivity contribution in [1.29, 1.82) is 0 Å². The van der Waals surface area contributed by atoms with E-state index in [9.17, 15) is 9.18 Å². The van der Waals surface area contributed by atoms with E-state index in [-0.39, 0.29) is 12.3 Å². The Morgan fingerprint density at radius 1 is 1.36 bits per heavy atom. The summed E-state index contributed by atoms with van der Waals surface area (Å²) in [5.74, 6) is -0.186. The van der Waals surface area contributed by atoms with Gasteiger partial charge in [0.05, 0.1) is 27.0 Å². The Morgan fingerprint density at radius 3 is 2.68 bits per heavy atom. The highest BCUT2D eigenvalue weighted by Gasteiger charge is 2.44. The summed E-state index contributed by atoms with van der Waals surface area (Å²) in [4.78, 5) is 24.0. The number of hydrogen-bond acceptors (Lipinski definition) is 3. The first-order valence-electron chi connectivity index (χ1n) is 7.70. The second kappa shape index (κ2) is 5.97.